The summed E-state index contributed by atoms with van der Waals surface area (Å²) in [6, 6.07) is 2.09. The number of rotatable bonds is 18. The monoisotopic (exact) mass is 536 g/mol. The summed E-state index contributed by atoms with van der Waals surface area (Å²) in [6.45, 7) is 4.37. The van der Waals surface area contributed by atoms with E-state index in [-0.39, 0.29) is 30.9 Å². The van der Waals surface area contributed by atoms with Crippen molar-refractivity contribution >= 4 is 23.7 Å². The molecule has 0 aliphatic rings. The number of benzene rings is 1. The van der Waals surface area contributed by atoms with Crippen LogP contribution >= 0.6 is 0 Å². The normalized spacial score (nSPS) is 14.3. The number of hydrogen-bond acceptors (Lipinski definition) is 8. The van der Waals surface area contributed by atoms with E-state index in [9.17, 15) is 29.4 Å². The number of phenolic OH excluding ortho intramolecular Hbond substituents is 1. The lowest BCUT2D eigenvalue weighted by molar-refractivity contribution is -0.142. The third-order valence-electron chi connectivity index (χ3n) is 6.17. The number of nitrogens with one attached hydrogen (secondary N) is 3. The highest BCUT2D eigenvalue weighted by Gasteiger charge is 2.30. The Morgan fingerprint density at radius 3 is 1.74 bits per heavy atom. The van der Waals surface area contributed by atoms with Gasteiger partial charge in [0.1, 0.15) is 23.9 Å². The van der Waals surface area contributed by atoms with Crippen LogP contribution in [-0.2, 0) is 25.6 Å². The number of carboxylic acids is 1. The molecule has 0 saturated carbocycles. The van der Waals surface area contributed by atoms with Crippen molar-refractivity contribution in [3.8, 4) is 5.75 Å². The molecule has 1 rings (SSSR count). The van der Waals surface area contributed by atoms with E-state index < -0.39 is 47.9 Å². The lowest BCUT2D eigenvalue weighted by Crippen LogP contribution is -2.58. The fourth-order valence-electron chi connectivity index (χ4n) is 3.70. The Hall–Kier alpha value is -3.22. The summed E-state index contributed by atoms with van der Waals surface area (Å²) in [5.74, 6) is -3.07. The van der Waals surface area contributed by atoms with E-state index >= 15 is 0 Å². The number of carbonyl (C=O) groups excluding carboxylic acids is 3. The summed E-state index contributed by atoms with van der Waals surface area (Å²) in [7, 11) is 0. The summed E-state index contributed by atoms with van der Waals surface area (Å²) >= 11 is 0. The molecule has 12 nitrogen and oxygen atoms in total. The van der Waals surface area contributed by atoms with E-state index in [4.69, 9.17) is 17.2 Å². The first-order valence-electron chi connectivity index (χ1n) is 13.1. The molecule has 11 N–H and O–H groups in total. The summed E-state index contributed by atoms with van der Waals surface area (Å²) in [5.41, 5.74) is 17.7. The third-order valence-corrected chi connectivity index (χ3v) is 6.17. The molecule has 0 bridgehead atoms. The average molecular weight is 537 g/mol. The quantitative estimate of drug-likeness (QED) is 0.115. The Morgan fingerprint density at radius 1 is 0.763 bits per heavy atom. The average Bonchev–Trinajstić information content (AvgIpc) is 2.87. The number of aliphatic carboxylic acids is 1. The third kappa shape index (κ3) is 11.9. The van der Waals surface area contributed by atoms with E-state index in [1.165, 1.54) is 12.1 Å². The molecular formula is C26H44N6O6. The fourth-order valence-corrected chi connectivity index (χ4v) is 3.70. The summed E-state index contributed by atoms with van der Waals surface area (Å²) in [5, 5.41) is 27.0. The van der Waals surface area contributed by atoms with Crippen molar-refractivity contribution in [1.29, 1.82) is 0 Å². The van der Waals surface area contributed by atoms with E-state index in [0.29, 0.717) is 44.3 Å². The Labute approximate surface area is 224 Å². The smallest absolute Gasteiger partial charge is 0.326 e. The van der Waals surface area contributed by atoms with Gasteiger partial charge in [-0.2, -0.15) is 0 Å². The van der Waals surface area contributed by atoms with Crippen molar-refractivity contribution in [3.63, 3.8) is 0 Å². The lowest BCUT2D eigenvalue weighted by atomic mass is 10.0. The van der Waals surface area contributed by atoms with Crippen LogP contribution in [0.2, 0.25) is 0 Å². The second-order valence-electron chi connectivity index (χ2n) is 9.73. The number of amides is 3. The van der Waals surface area contributed by atoms with Crippen LogP contribution in [0, 0.1) is 5.92 Å². The molecule has 3 amide bonds. The molecule has 0 spiro atoms. The van der Waals surface area contributed by atoms with Crippen molar-refractivity contribution in [1.82, 2.24) is 16.0 Å². The molecule has 4 atom stereocenters. The van der Waals surface area contributed by atoms with Gasteiger partial charge >= 0.3 is 5.97 Å². The molecule has 0 aliphatic carbocycles. The van der Waals surface area contributed by atoms with Crippen LogP contribution in [0.4, 0.5) is 0 Å². The standard InChI is InChI=1S/C26H44N6O6/c1-16(2)22(29)25(36)32-21(15-17-9-11-18(33)12-10-17)24(35)30-19(7-3-5-13-27)23(34)31-20(26(37)38)8-4-6-14-28/h9-12,16,19-22,33H,3-8,13-15,27-29H2,1-2H3,(H,30,35)(H,31,34)(H,32,36)(H,37,38). The highest BCUT2D eigenvalue weighted by Crippen LogP contribution is 2.13. The van der Waals surface area contributed by atoms with Crippen LogP contribution in [-0.4, -0.2) is 71.2 Å². The van der Waals surface area contributed by atoms with Gasteiger partial charge in [-0.25, -0.2) is 4.79 Å². The van der Waals surface area contributed by atoms with Crippen molar-refractivity contribution in [2.45, 2.75) is 83.0 Å². The first-order valence-corrected chi connectivity index (χ1v) is 13.1. The van der Waals surface area contributed by atoms with Gasteiger partial charge in [-0.05, 0) is 75.2 Å². The molecule has 0 aromatic heterocycles. The van der Waals surface area contributed by atoms with Gasteiger partial charge in [0.2, 0.25) is 17.7 Å². The minimum Gasteiger partial charge on any atom is -0.508 e. The number of phenols is 1. The summed E-state index contributed by atoms with van der Waals surface area (Å²) < 4.78 is 0. The van der Waals surface area contributed by atoms with Crippen molar-refractivity contribution in [2.24, 2.45) is 23.1 Å². The van der Waals surface area contributed by atoms with Crippen molar-refractivity contribution < 1.29 is 29.4 Å². The van der Waals surface area contributed by atoms with Gasteiger partial charge in [0, 0.05) is 6.42 Å². The van der Waals surface area contributed by atoms with Gasteiger partial charge in [0.25, 0.3) is 0 Å². The van der Waals surface area contributed by atoms with E-state index in [1.54, 1.807) is 26.0 Å². The SMILES string of the molecule is CC(C)C(N)C(=O)NC(Cc1ccc(O)cc1)C(=O)NC(CCCCN)C(=O)NC(CCCCN)C(=O)O. The molecule has 0 fully saturated rings. The number of unbranched alkanes of at least 4 members (excludes halogenated alkanes) is 2. The zero-order chi connectivity index (χ0) is 28.7. The van der Waals surface area contributed by atoms with Gasteiger partial charge in [0.05, 0.1) is 6.04 Å². The van der Waals surface area contributed by atoms with Crippen LogP contribution in [0.5, 0.6) is 5.75 Å². The molecule has 38 heavy (non-hydrogen) atoms. The maximum absolute atomic E-state index is 13.4. The minimum absolute atomic E-state index is 0.0525. The zero-order valence-electron chi connectivity index (χ0n) is 22.3. The largest absolute Gasteiger partial charge is 0.508 e. The molecule has 0 saturated heterocycles. The molecule has 0 aliphatic heterocycles. The Balaban J connectivity index is 3.11. The van der Waals surface area contributed by atoms with Gasteiger partial charge in [-0.3, -0.25) is 14.4 Å². The lowest BCUT2D eigenvalue weighted by Gasteiger charge is -2.26. The van der Waals surface area contributed by atoms with Gasteiger partial charge in [-0.1, -0.05) is 26.0 Å². The number of carbonyl (C=O) groups is 4. The molecule has 4 unspecified atom stereocenters. The van der Waals surface area contributed by atoms with Crippen molar-refractivity contribution in [2.75, 3.05) is 13.1 Å². The predicted molar refractivity (Wildman–Crippen MR) is 144 cm³/mol. The number of carboxylic acid groups (broad SMARTS) is 1. The van der Waals surface area contributed by atoms with E-state index in [1.807, 2.05) is 0 Å². The van der Waals surface area contributed by atoms with Gasteiger partial charge in [-0.15, -0.1) is 0 Å². The summed E-state index contributed by atoms with van der Waals surface area (Å²) in [4.78, 5) is 50.8. The zero-order valence-corrected chi connectivity index (χ0v) is 22.3. The maximum atomic E-state index is 13.4. The van der Waals surface area contributed by atoms with Crippen LogP contribution in [0.1, 0.15) is 57.9 Å². The molecular weight excluding hydrogens is 492 g/mol. The Morgan fingerprint density at radius 2 is 1.24 bits per heavy atom. The molecule has 1 aromatic rings. The highest BCUT2D eigenvalue weighted by molar-refractivity contribution is 5.94. The van der Waals surface area contributed by atoms with E-state index in [2.05, 4.69) is 16.0 Å². The first-order chi connectivity index (χ1) is 18.0. The number of hydrogen-bond donors (Lipinski definition) is 8. The fraction of sp³-hybridized carbons (Fsp3) is 0.615. The summed E-state index contributed by atoms with van der Waals surface area (Å²) in [6.07, 6.45) is 2.78. The Kier molecular flexibility index (Phi) is 15.0. The second-order valence-corrected chi connectivity index (χ2v) is 9.73. The van der Waals surface area contributed by atoms with Gasteiger partial charge < -0.3 is 43.4 Å². The maximum Gasteiger partial charge on any atom is 0.326 e. The first kappa shape index (κ1) is 32.8. The molecule has 1 aromatic carbocycles. The predicted octanol–water partition coefficient (Wildman–Crippen LogP) is -0.285. The topological polar surface area (TPSA) is 223 Å². The van der Waals surface area contributed by atoms with E-state index in [0.717, 1.165) is 0 Å². The number of aromatic hydroxyl groups is 1. The van der Waals surface area contributed by atoms with Crippen LogP contribution in [0.25, 0.3) is 0 Å². The number of nitrogens with two attached hydrogens (primary N) is 3. The van der Waals surface area contributed by atoms with Crippen LogP contribution in [0.15, 0.2) is 24.3 Å². The minimum atomic E-state index is -1.18. The van der Waals surface area contributed by atoms with Gasteiger partial charge in [0.15, 0.2) is 0 Å². The van der Waals surface area contributed by atoms with Crippen LogP contribution in [0.3, 0.4) is 0 Å². The molecule has 0 heterocycles. The second kappa shape index (κ2) is 17.3. The van der Waals surface area contributed by atoms with Crippen LogP contribution < -0.4 is 33.2 Å². The Bertz CT molecular complexity index is 895. The van der Waals surface area contributed by atoms with Crippen molar-refractivity contribution in [3.05, 3.63) is 29.8 Å². The molecule has 12 heteroatoms. The molecule has 214 valence electrons. The highest BCUT2D eigenvalue weighted by atomic mass is 16.4. The molecule has 0 radical (unpaired) electrons.